The Kier molecular flexibility index (Phi) is 6.82. The first-order valence-electron chi connectivity index (χ1n) is 8.82. The van der Waals surface area contributed by atoms with Gasteiger partial charge in [-0.25, -0.2) is 22.9 Å². The van der Waals surface area contributed by atoms with Crippen molar-refractivity contribution in [2.24, 2.45) is 0 Å². The van der Waals surface area contributed by atoms with Crippen molar-refractivity contribution in [3.8, 4) is 0 Å². The number of sulfonamides is 1. The van der Waals surface area contributed by atoms with Crippen LogP contribution in [0.1, 0.15) is 40.6 Å². The van der Waals surface area contributed by atoms with Crippen LogP contribution in [0.2, 0.25) is 10.0 Å². The van der Waals surface area contributed by atoms with Crippen LogP contribution in [0.25, 0.3) is 0 Å². The van der Waals surface area contributed by atoms with Crippen LogP contribution in [0.4, 0.5) is 0 Å². The Morgan fingerprint density at radius 2 is 1.87 bits per heavy atom. The largest absolute Gasteiger partial charge is 0.449 e. The molecule has 158 valence electrons. The highest BCUT2D eigenvalue weighted by Gasteiger charge is 2.18. The number of aryl methyl sites for hydroxylation is 1. The van der Waals surface area contributed by atoms with E-state index >= 15 is 0 Å². The summed E-state index contributed by atoms with van der Waals surface area (Å²) in [4.78, 5) is 16.3. The fraction of sp³-hybridized carbons (Fsp3) is 0.200. The van der Waals surface area contributed by atoms with Gasteiger partial charge in [-0.05, 0) is 49.7 Å². The quantitative estimate of drug-likeness (QED) is 0.505. The van der Waals surface area contributed by atoms with Gasteiger partial charge in [0.25, 0.3) is 0 Å². The van der Waals surface area contributed by atoms with Crippen molar-refractivity contribution in [3.63, 3.8) is 0 Å². The molecule has 1 unspecified atom stereocenters. The molecule has 0 amide bonds. The maximum atomic E-state index is 12.4. The van der Waals surface area contributed by atoms with Gasteiger partial charge >= 0.3 is 5.97 Å². The van der Waals surface area contributed by atoms with Crippen molar-refractivity contribution < 1.29 is 22.4 Å². The second-order valence-electron chi connectivity index (χ2n) is 6.45. The molecule has 3 rings (SSSR count). The van der Waals surface area contributed by atoms with E-state index < -0.39 is 22.1 Å². The molecule has 10 heteroatoms. The maximum absolute atomic E-state index is 12.4. The lowest BCUT2D eigenvalue weighted by Gasteiger charge is -2.11. The zero-order chi connectivity index (χ0) is 21.9. The second kappa shape index (κ2) is 9.18. The highest BCUT2D eigenvalue weighted by molar-refractivity contribution is 7.89. The topological polar surface area (TPSA) is 98.5 Å². The van der Waals surface area contributed by atoms with Gasteiger partial charge in [-0.2, -0.15) is 0 Å². The van der Waals surface area contributed by atoms with Gasteiger partial charge in [0, 0.05) is 6.54 Å². The third-order valence-electron chi connectivity index (χ3n) is 4.13. The van der Waals surface area contributed by atoms with Crippen LogP contribution in [-0.4, -0.2) is 19.4 Å². The molecule has 0 aliphatic rings. The van der Waals surface area contributed by atoms with E-state index in [0.29, 0.717) is 22.8 Å². The average Bonchev–Trinajstić information content (AvgIpc) is 3.15. The lowest BCUT2D eigenvalue weighted by molar-refractivity contribution is 0.0277. The fourth-order valence-corrected chi connectivity index (χ4v) is 3.91. The van der Waals surface area contributed by atoms with Crippen LogP contribution in [-0.2, 0) is 21.3 Å². The molecule has 2 aromatic carbocycles. The standard InChI is InChI=1S/C20H18Cl2N2O5S/c1-12-10-23-19(28-12)13(2)29-20(25)15-5-3-14(4-6-15)11-24-30(26,27)16-7-8-17(21)18(22)9-16/h3-10,13,24H,11H2,1-2H3. The minimum atomic E-state index is -3.77. The Morgan fingerprint density at radius 1 is 1.17 bits per heavy atom. The van der Waals surface area contributed by atoms with E-state index in [1.54, 1.807) is 44.3 Å². The molecule has 0 spiro atoms. The third-order valence-corrected chi connectivity index (χ3v) is 6.27. The molecule has 0 radical (unpaired) electrons. The van der Waals surface area contributed by atoms with E-state index in [-0.39, 0.29) is 21.5 Å². The molecule has 0 aliphatic heterocycles. The molecule has 0 saturated heterocycles. The predicted molar refractivity (Wildman–Crippen MR) is 112 cm³/mol. The Morgan fingerprint density at radius 3 is 2.47 bits per heavy atom. The van der Waals surface area contributed by atoms with E-state index in [4.69, 9.17) is 32.4 Å². The summed E-state index contributed by atoms with van der Waals surface area (Å²) in [5, 5.41) is 0.418. The maximum Gasteiger partial charge on any atom is 0.338 e. The third kappa shape index (κ3) is 5.40. The molecule has 0 saturated carbocycles. The normalized spacial score (nSPS) is 12.5. The number of hydrogen-bond donors (Lipinski definition) is 1. The predicted octanol–water partition coefficient (Wildman–Crippen LogP) is 4.69. The first-order chi connectivity index (χ1) is 14.2. The summed E-state index contributed by atoms with van der Waals surface area (Å²) in [6.07, 6.45) is 0.914. The summed E-state index contributed by atoms with van der Waals surface area (Å²) in [6.45, 7) is 3.44. The van der Waals surface area contributed by atoms with Gasteiger partial charge in [0.2, 0.25) is 15.9 Å². The number of hydrogen-bond acceptors (Lipinski definition) is 6. The van der Waals surface area contributed by atoms with Crippen molar-refractivity contribution in [2.45, 2.75) is 31.4 Å². The summed E-state index contributed by atoms with van der Waals surface area (Å²) < 4.78 is 38.0. The summed E-state index contributed by atoms with van der Waals surface area (Å²) in [7, 11) is -3.77. The van der Waals surface area contributed by atoms with E-state index in [1.165, 1.54) is 18.2 Å². The highest BCUT2D eigenvalue weighted by atomic mass is 35.5. The zero-order valence-electron chi connectivity index (χ0n) is 16.1. The molecule has 1 aromatic heterocycles. The molecule has 7 nitrogen and oxygen atoms in total. The van der Waals surface area contributed by atoms with Gasteiger partial charge in [0.1, 0.15) is 5.76 Å². The van der Waals surface area contributed by atoms with E-state index in [0.717, 1.165) is 0 Å². The van der Waals surface area contributed by atoms with Gasteiger partial charge in [0.15, 0.2) is 6.10 Å². The smallest absolute Gasteiger partial charge is 0.338 e. The number of esters is 1. The summed E-state index contributed by atoms with van der Waals surface area (Å²) in [6, 6.07) is 10.4. The summed E-state index contributed by atoms with van der Waals surface area (Å²) >= 11 is 11.7. The van der Waals surface area contributed by atoms with Crippen LogP contribution in [0, 0.1) is 6.92 Å². The van der Waals surface area contributed by atoms with Crippen molar-refractivity contribution in [2.75, 3.05) is 0 Å². The Bertz CT molecular complexity index is 1160. The van der Waals surface area contributed by atoms with Gasteiger partial charge in [0.05, 0.1) is 26.7 Å². The van der Waals surface area contributed by atoms with Crippen molar-refractivity contribution in [1.82, 2.24) is 9.71 Å². The van der Waals surface area contributed by atoms with Crippen LogP contribution in [0.5, 0.6) is 0 Å². The van der Waals surface area contributed by atoms with E-state index in [9.17, 15) is 13.2 Å². The summed E-state index contributed by atoms with van der Waals surface area (Å²) in [5.74, 6) is 0.399. The first kappa shape index (κ1) is 22.3. The number of carbonyl (C=O) groups is 1. The van der Waals surface area contributed by atoms with Gasteiger partial charge < -0.3 is 9.15 Å². The number of oxazole rings is 1. The fourth-order valence-electron chi connectivity index (χ4n) is 2.50. The number of nitrogens with zero attached hydrogens (tertiary/aromatic N) is 1. The van der Waals surface area contributed by atoms with Crippen LogP contribution in [0.15, 0.2) is 58.0 Å². The lowest BCUT2D eigenvalue weighted by atomic mass is 10.1. The number of carbonyl (C=O) groups excluding carboxylic acids is 1. The molecule has 0 aliphatic carbocycles. The van der Waals surface area contributed by atoms with E-state index in [1.807, 2.05) is 0 Å². The Hall–Kier alpha value is -2.39. The second-order valence-corrected chi connectivity index (χ2v) is 9.04. The number of aromatic nitrogens is 1. The molecule has 1 N–H and O–H groups in total. The number of benzene rings is 2. The summed E-state index contributed by atoms with van der Waals surface area (Å²) in [5.41, 5.74) is 0.979. The van der Waals surface area contributed by atoms with E-state index in [2.05, 4.69) is 9.71 Å². The number of halogens is 2. The van der Waals surface area contributed by atoms with Crippen LogP contribution in [0.3, 0.4) is 0 Å². The van der Waals surface area contributed by atoms with Gasteiger partial charge in [-0.3, -0.25) is 0 Å². The van der Waals surface area contributed by atoms with Gasteiger partial charge in [-0.1, -0.05) is 35.3 Å². The highest BCUT2D eigenvalue weighted by Crippen LogP contribution is 2.25. The number of nitrogens with one attached hydrogen (secondary N) is 1. The number of rotatable bonds is 7. The first-order valence-corrected chi connectivity index (χ1v) is 11.1. The minimum absolute atomic E-state index is 0.00728. The van der Waals surface area contributed by atoms with Crippen LogP contribution >= 0.6 is 23.2 Å². The minimum Gasteiger partial charge on any atom is -0.449 e. The Balaban J connectivity index is 1.61. The molecular weight excluding hydrogens is 451 g/mol. The molecule has 1 heterocycles. The monoisotopic (exact) mass is 468 g/mol. The molecular formula is C20H18Cl2N2O5S. The SMILES string of the molecule is Cc1cnc(C(C)OC(=O)c2ccc(CNS(=O)(=O)c3ccc(Cl)c(Cl)c3)cc2)o1. The van der Waals surface area contributed by atoms with Crippen molar-refractivity contribution >= 4 is 39.2 Å². The van der Waals surface area contributed by atoms with Crippen LogP contribution < -0.4 is 4.72 Å². The van der Waals surface area contributed by atoms with Crippen molar-refractivity contribution in [3.05, 3.63) is 81.5 Å². The average molecular weight is 469 g/mol. The Labute approximate surface area is 184 Å². The van der Waals surface area contributed by atoms with Crippen molar-refractivity contribution in [1.29, 1.82) is 0 Å². The molecule has 3 aromatic rings. The molecule has 0 bridgehead atoms. The molecule has 30 heavy (non-hydrogen) atoms. The molecule has 0 fully saturated rings. The number of ether oxygens (including phenoxy) is 1. The zero-order valence-corrected chi connectivity index (χ0v) is 18.4. The van der Waals surface area contributed by atoms with Gasteiger partial charge in [-0.15, -0.1) is 0 Å². The molecule has 1 atom stereocenters. The lowest BCUT2D eigenvalue weighted by Crippen LogP contribution is -2.23.